The first kappa shape index (κ1) is 19.2. The maximum Gasteiger partial charge on any atom is 0.239 e. The highest BCUT2D eigenvalue weighted by Crippen LogP contribution is 2.41. The quantitative estimate of drug-likeness (QED) is 0.879. The van der Waals surface area contributed by atoms with Crippen molar-refractivity contribution in [2.45, 2.75) is 31.8 Å². The van der Waals surface area contributed by atoms with Crippen LogP contribution in [0.5, 0.6) is 5.75 Å². The number of fused-ring (bicyclic) bond motifs is 1. The van der Waals surface area contributed by atoms with Gasteiger partial charge in [0.05, 0.1) is 13.2 Å². The monoisotopic (exact) mass is 382 g/mol. The van der Waals surface area contributed by atoms with Crippen molar-refractivity contribution in [3.63, 3.8) is 0 Å². The molecule has 6 heteroatoms. The molecule has 2 aliphatic rings. The van der Waals surface area contributed by atoms with E-state index in [1.54, 1.807) is 13.3 Å². The molecule has 1 aromatic heterocycles. The van der Waals surface area contributed by atoms with Crippen molar-refractivity contribution in [2.75, 3.05) is 40.8 Å². The first-order chi connectivity index (χ1) is 13.5. The molecule has 6 nitrogen and oxygen atoms in total. The Bertz CT molecular complexity index is 863. The molecule has 1 aromatic carbocycles. The predicted molar refractivity (Wildman–Crippen MR) is 110 cm³/mol. The topological polar surface area (TPSA) is 57.7 Å². The average molecular weight is 383 g/mol. The minimum atomic E-state index is -0.0225. The number of benzene rings is 1. The van der Waals surface area contributed by atoms with Gasteiger partial charge in [0.2, 0.25) is 5.91 Å². The number of likely N-dealkylation sites (tertiary alicyclic amines) is 1. The summed E-state index contributed by atoms with van der Waals surface area (Å²) in [5.41, 5.74) is 2.24. The molecule has 150 valence electrons. The van der Waals surface area contributed by atoms with E-state index in [-0.39, 0.29) is 11.9 Å². The van der Waals surface area contributed by atoms with Crippen LogP contribution in [0.4, 0.5) is 0 Å². The number of pyridine rings is 1. The van der Waals surface area contributed by atoms with Gasteiger partial charge in [-0.3, -0.25) is 14.7 Å². The summed E-state index contributed by atoms with van der Waals surface area (Å²) in [7, 11) is 5.67. The fourth-order valence-electron chi connectivity index (χ4n) is 4.96. The van der Waals surface area contributed by atoms with Crippen LogP contribution < -0.4 is 10.1 Å². The molecule has 1 N–H and O–H groups in total. The van der Waals surface area contributed by atoms with Crippen LogP contribution in [-0.2, 0) is 11.3 Å². The predicted octanol–water partition coefficient (Wildman–Crippen LogP) is 2.28. The standard InChI is InChI=1S/C22H30N4O2/c1-25(14-16-6-7-19(28-3)20-17(16)5-4-10-24-20)21(27)18-13-22(15-26(18)2)8-11-23-12-9-22/h4-7,10,18,23H,8-9,11-15H2,1-3H3/t18-/m0/s1. The highest BCUT2D eigenvalue weighted by molar-refractivity contribution is 5.88. The van der Waals surface area contributed by atoms with E-state index < -0.39 is 0 Å². The summed E-state index contributed by atoms with van der Waals surface area (Å²) < 4.78 is 5.44. The van der Waals surface area contributed by atoms with Crippen molar-refractivity contribution >= 4 is 16.8 Å². The molecule has 3 heterocycles. The summed E-state index contributed by atoms with van der Waals surface area (Å²) in [6, 6.07) is 7.93. The molecule has 0 saturated carbocycles. The van der Waals surface area contributed by atoms with Crippen LogP contribution in [0.3, 0.4) is 0 Å². The summed E-state index contributed by atoms with van der Waals surface area (Å²) in [5, 5.41) is 4.48. The van der Waals surface area contributed by atoms with E-state index >= 15 is 0 Å². The van der Waals surface area contributed by atoms with Crippen molar-refractivity contribution in [1.29, 1.82) is 0 Å². The van der Waals surface area contributed by atoms with Crippen molar-refractivity contribution in [3.8, 4) is 5.75 Å². The molecular formula is C22H30N4O2. The molecule has 2 saturated heterocycles. The molecule has 0 aliphatic carbocycles. The average Bonchev–Trinajstić information content (AvgIpc) is 3.03. The summed E-state index contributed by atoms with van der Waals surface area (Å²) >= 11 is 0. The Labute approximate surface area is 166 Å². The maximum atomic E-state index is 13.3. The second-order valence-corrected chi connectivity index (χ2v) is 8.41. The third-order valence-electron chi connectivity index (χ3n) is 6.52. The van der Waals surface area contributed by atoms with Gasteiger partial charge in [-0.05, 0) is 62.5 Å². The number of nitrogens with zero attached hydrogens (tertiary/aromatic N) is 3. The maximum absolute atomic E-state index is 13.3. The number of hydrogen-bond acceptors (Lipinski definition) is 5. The van der Waals surface area contributed by atoms with Crippen molar-refractivity contribution in [3.05, 3.63) is 36.0 Å². The number of amides is 1. The number of aromatic nitrogens is 1. The number of piperidine rings is 1. The Morgan fingerprint density at radius 3 is 2.89 bits per heavy atom. The van der Waals surface area contributed by atoms with Crippen molar-refractivity contribution < 1.29 is 9.53 Å². The van der Waals surface area contributed by atoms with Crippen molar-refractivity contribution in [2.24, 2.45) is 5.41 Å². The van der Waals surface area contributed by atoms with Gasteiger partial charge >= 0.3 is 0 Å². The number of hydrogen-bond donors (Lipinski definition) is 1. The molecule has 2 aliphatic heterocycles. The molecule has 0 bridgehead atoms. The molecule has 1 amide bonds. The lowest BCUT2D eigenvalue weighted by Crippen LogP contribution is -2.42. The summed E-state index contributed by atoms with van der Waals surface area (Å²) in [4.78, 5) is 21.9. The number of ether oxygens (including phenoxy) is 1. The molecule has 2 aromatic rings. The van der Waals surface area contributed by atoms with E-state index in [4.69, 9.17) is 4.74 Å². The Morgan fingerprint density at radius 1 is 1.36 bits per heavy atom. The first-order valence-corrected chi connectivity index (χ1v) is 10.1. The summed E-state index contributed by atoms with van der Waals surface area (Å²) in [6.07, 6.45) is 5.08. The third-order valence-corrected chi connectivity index (χ3v) is 6.52. The minimum Gasteiger partial charge on any atom is -0.494 e. The summed E-state index contributed by atoms with van der Waals surface area (Å²) in [6.45, 7) is 3.73. The van der Waals surface area contributed by atoms with Crippen LogP contribution in [0.25, 0.3) is 10.9 Å². The molecular weight excluding hydrogens is 352 g/mol. The lowest BCUT2D eigenvalue weighted by molar-refractivity contribution is -0.134. The van der Waals surface area contributed by atoms with Gasteiger partial charge in [0.25, 0.3) is 0 Å². The van der Waals surface area contributed by atoms with Crippen LogP contribution in [0.15, 0.2) is 30.5 Å². The van der Waals surface area contributed by atoms with Crippen molar-refractivity contribution in [1.82, 2.24) is 20.1 Å². The van der Waals surface area contributed by atoms with Crippen LogP contribution >= 0.6 is 0 Å². The second-order valence-electron chi connectivity index (χ2n) is 8.41. The highest BCUT2D eigenvalue weighted by atomic mass is 16.5. The first-order valence-electron chi connectivity index (χ1n) is 10.1. The molecule has 0 unspecified atom stereocenters. The lowest BCUT2D eigenvalue weighted by atomic mass is 9.77. The van der Waals surface area contributed by atoms with Crippen LogP contribution in [0.1, 0.15) is 24.8 Å². The Balaban J connectivity index is 1.52. The van der Waals surface area contributed by atoms with E-state index in [2.05, 4.69) is 22.2 Å². The molecule has 1 atom stereocenters. The van der Waals surface area contributed by atoms with E-state index in [0.717, 1.165) is 48.3 Å². The molecule has 0 radical (unpaired) electrons. The zero-order valence-electron chi connectivity index (χ0n) is 17.1. The zero-order chi connectivity index (χ0) is 19.7. The minimum absolute atomic E-state index is 0.0225. The van der Waals surface area contributed by atoms with E-state index in [9.17, 15) is 4.79 Å². The van der Waals surface area contributed by atoms with Gasteiger partial charge in [0, 0.05) is 31.7 Å². The zero-order valence-corrected chi connectivity index (χ0v) is 17.1. The lowest BCUT2D eigenvalue weighted by Gasteiger charge is -2.33. The van der Waals surface area contributed by atoms with Gasteiger partial charge < -0.3 is 15.0 Å². The number of methoxy groups -OCH3 is 1. The second kappa shape index (κ2) is 7.68. The van der Waals surface area contributed by atoms with E-state index in [1.165, 1.54) is 12.8 Å². The van der Waals surface area contributed by atoms with Gasteiger partial charge in [-0.1, -0.05) is 12.1 Å². The van der Waals surface area contributed by atoms with Gasteiger partial charge in [-0.15, -0.1) is 0 Å². The molecule has 28 heavy (non-hydrogen) atoms. The number of likely N-dealkylation sites (N-methyl/N-ethyl adjacent to an activating group) is 2. The number of nitrogens with one attached hydrogen (secondary N) is 1. The Kier molecular flexibility index (Phi) is 5.25. The van der Waals surface area contributed by atoms with Gasteiger partial charge in [0.15, 0.2) is 0 Å². The molecule has 1 spiro atoms. The Hall–Kier alpha value is -2.18. The summed E-state index contributed by atoms with van der Waals surface area (Å²) in [5.74, 6) is 0.975. The van der Waals surface area contributed by atoms with Crippen LogP contribution in [0.2, 0.25) is 0 Å². The van der Waals surface area contributed by atoms with E-state index in [1.807, 2.05) is 36.2 Å². The van der Waals surface area contributed by atoms with Crippen LogP contribution in [0, 0.1) is 5.41 Å². The normalized spacial score (nSPS) is 21.9. The smallest absolute Gasteiger partial charge is 0.239 e. The highest BCUT2D eigenvalue weighted by Gasteiger charge is 2.46. The number of rotatable bonds is 4. The number of carbonyl (C=O) groups excluding carboxylic acids is 1. The Morgan fingerprint density at radius 2 is 2.14 bits per heavy atom. The van der Waals surface area contributed by atoms with Gasteiger partial charge in [-0.25, -0.2) is 0 Å². The largest absolute Gasteiger partial charge is 0.494 e. The molecule has 4 rings (SSSR count). The fourth-order valence-corrected chi connectivity index (χ4v) is 4.96. The third kappa shape index (κ3) is 3.47. The fraction of sp³-hybridized carbons (Fsp3) is 0.545. The van der Waals surface area contributed by atoms with Crippen LogP contribution in [-0.4, -0.2) is 67.6 Å². The molecule has 2 fully saturated rings. The number of carbonyl (C=O) groups is 1. The van der Waals surface area contributed by atoms with Gasteiger partial charge in [-0.2, -0.15) is 0 Å². The van der Waals surface area contributed by atoms with Gasteiger partial charge in [0.1, 0.15) is 11.3 Å². The SMILES string of the molecule is COc1ccc(CN(C)C(=O)[C@@H]2CC3(CCNCC3)CN2C)c2cccnc12. The van der Waals surface area contributed by atoms with E-state index in [0.29, 0.717) is 12.0 Å².